The number of carbonyl (C=O) groups excluding carboxylic acids is 1. The Bertz CT molecular complexity index is 1140. The zero-order valence-corrected chi connectivity index (χ0v) is 14.8. The Morgan fingerprint density at radius 1 is 0.556 bits per heavy atom. The summed E-state index contributed by atoms with van der Waals surface area (Å²) < 4.78 is 0. The van der Waals surface area contributed by atoms with E-state index < -0.39 is 0 Å². The van der Waals surface area contributed by atoms with Crippen LogP contribution in [0.15, 0.2) is 103 Å². The van der Waals surface area contributed by atoms with Gasteiger partial charge in [0.05, 0.1) is 0 Å². The first-order chi connectivity index (χ1) is 13.4. The molecule has 5 aromatic rings. The van der Waals surface area contributed by atoms with E-state index in [0.717, 1.165) is 23.0 Å². The van der Waals surface area contributed by atoms with E-state index in [4.69, 9.17) is 0 Å². The van der Waals surface area contributed by atoms with Gasteiger partial charge in [0, 0.05) is 27.4 Å². The maximum absolute atomic E-state index is 10.8. The molecule has 0 aliphatic carbocycles. The fraction of sp³-hybridized carbons (Fsp3) is 0. The molecular formula is C25H19NO. The molecule has 0 spiro atoms. The Kier molecular flexibility index (Phi) is 4.80. The molecule has 0 fully saturated rings. The van der Waals surface area contributed by atoms with E-state index in [1.807, 2.05) is 54.6 Å². The van der Waals surface area contributed by atoms with Crippen LogP contribution < -0.4 is 0 Å². The number of aldehydes is 1. The number of nitrogens with one attached hydrogen (secondary N) is 1. The highest BCUT2D eigenvalue weighted by atomic mass is 16.1. The molecule has 4 aromatic carbocycles. The minimum Gasteiger partial charge on any atom is -0.355 e. The van der Waals surface area contributed by atoms with Crippen LogP contribution in [0.3, 0.4) is 0 Å². The maximum Gasteiger partial charge on any atom is 0.150 e. The number of aromatic nitrogens is 1. The lowest BCUT2D eigenvalue weighted by Gasteiger charge is -2.03. The molecule has 1 N–H and O–H groups in total. The first kappa shape index (κ1) is 16.8. The molecule has 0 saturated heterocycles. The molecule has 0 saturated carbocycles. The third-order valence-corrected chi connectivity index (χ3v) is 4.59. The second kappa shape index (κ2) is 7.71. The summed E-state index contributed by atoms with van der Waals surface area (Å²) in [6, 6.07) is 34.3. The monoisotopic (exact) mass is 349 g/mol. The van der Waals surface area contributed by atoms with Crippen LogP contribution in [-0.2, 0) is 0 Å². The van der Waals surface area contributed by atoms with Crippen LogP contribution in [0.2, 0.25) is 0 Å². The molecule has 0 atom stereocenters. The molecule has 2 nitrogen and oxygen atoms in total. The number of para-hydroxylation sites is 2. The quantitative estimate of drug-likeness (QED) is 0.363. The fourth-order valence-electron chi connectivity index (χ4n) is 3.28. The van der Waals surface area contributed by atoms with Gasteiger partial charge in [0.15, 0.2) is 6.29 Å². The number of H-pyrrole nitrogens is 1. The first-order valence-corrected chi connectivity index (χ1v) is 8.92. The summed E-state index contributed by atoms with van der Waals surface area (Å²) in [6.45, 7) is 0. The van der Waals surface area contributed by atoms with Crippen molar-refractivity contribution in [2.24, 2.45) is 0 Å². The van der Waals surface area contributed by atoms with Crippen molar-refractivity contribution < 1.29 is 4.79 Å². The summed E-state index contributed by atoms with van der Waals surface area (Å²) in [7, 11) is 0. The lowest BCUT2D eigenvalue weighted by atomic mass is 10.0. The van der Waals surface area contributed by atoms with Gasteiger partial charge in [0.2, 0.25) is 0 Å². The van der Waals surface area contributed by atoms with Crippen LogP contribution in [-0.4, -0.2) is 11.3 Å². The number of hydrogen-bond acceptors (Lipinski definition) is 1. The van der Waals surface area contributed by atoms with Gasteiger partial charge >= 0.3 is 0 Å². The van der Waals surface area contributed by atoms with Gasteiger partial charge in [-0.15, -0.1) is 0 Å². The Morgan fingerprint density at radius 3 is 1.70 bits per heavy atom. The molecule has 5 rings (SSSR count). The van der Waals surface area contributed by atoms with E-state index in [0.29, 0.717) is 0 Å². The molecule has 0 amide bonds. The van der Waals surface area contributed by atoms with Crippen molar-refractivity contribution in [3.8, 4) is 11.1 Å². The summed E-state index contributed by atoms with van der Waals surface area (Å²) >= 11 is 0. The van der Waals surface area contributed by atoms with Gasteiger partial charge in [-0.05, 0) is 23.3 Å². The summed E-state index contributed by atoms with van der Waals surface area (Å²) in [6.07, 6.45) is 0.891. The van der Waals surface area contributed by atoms with Crippen molar-refractivity contribution >= 4 is 28.1 Å². The van der Waals surface area contributed by atoms with Crippen molar-refractivity contribution in [1.29, 1.82) is 0 Å². The van der Waals surface area contributed by atoms with Gasteiger partial charge in [0.1, 0.15) is 0 Å². The van der Waals surface area contributed by atoms with Crippen LogP contribution in [0.1, 0.15) is 10.4 Å². The van der Waals surface area contributed by atoms with E-state index in [1.54, 1.807) is 0 Å². The second-order valence-electron chi connectivity index (χ2n) is 6.29. The molecule has 0 unspecified atom stereocenters. The number of rotatable bonds is 2. The van der Waals surface area contributed by atoms with Crippen LogP contribution in [0, 0.1) is 0 Å². The molecule has 0 aliphatic rings. The van der Waals surface area contributed by atoms with Crippen molar-refractivity contribution in [3.63, 3.8) is 0 Å². The third-order valence-electron chi connectivity index (χ3n) is 4.59. The minimum atomic E-state index is 0.735. The summed E-state index contributed by atoms with van der Waals surface area (Å²) in [5.41, 5.74) is 5.23. The van der Waals surface area contributed by atoms with E-state index >= 15 is 0 Å². The SMILES string of the molecule is O=Cc1ccccc1-c1ccccc1.c1ccc2c(c1)[nH]c1ccccc12. The van der Waals surface area contributed by atoms with E-state index in [9.17, 15) is 4.79 Å². The summed E-state index contributed by atoms with van der Waals surface area (Å²) in [5.74, 6) is 0. The molecule has 0 bridgehead atoms. The Labute approximate surface area is 158 Å². The highest BCUT2D eigenvalue weighted by Gasteiger charge is 2.01. The van der Waals surface area contributed by atoms with Gasteiger partial charge in [-0.2, -0.15) is 0 Å². The first-order valence-electron chi connectivity index (χ1n) is 8.92. The van der Waals surface area contributed by atoms with Crippen molar-refractivity contribution in [2.75, 3.05) is 0 Å². The minimum absolute atomic E-state index is 0.735. The maximum atomic E-state index is 10.8. The van der Waals surface area contributed by atoms with E-state index in [1.165, 1.54) is 21.8 Å². The van der Waals surface area contributed by atoms with Gasteiger partial charge in [-0.25, -0.2) is 0 Å². The zero-order chi connectivity index (χ0) is 18.5. The van der Waals surface area contributed by atoms with Crippen LogP contribution >= 0.6 is 0 Å². The van der Waals surface area contributed by atoms with Gasteiger partial charge < -0.3 is 4.98 Å². The Balaban J connectivity index is 0.000000134. The number of carbonyl (C=O) groups is 1. The number of hydrogen-bond donors (Lipinski definition) is 1. The van der Waals surface area contributed by atoms with Crippen molar-refractivity contribution in [2.45, 2.75) is 0 Å². The van der Waals surface area contributed by atoms with E-state index in [2.05, 4.69) is 53.5 Å². The number of aromatic amines is 1. The number of benzene rings is 4. The number of fused-ring (bicyclic) bond motifs is 3. The lowest BCUT2D eigenvalue weighted by Crippen LogP contribution is -1.85. The van der Waals surface area contributed by atoms with Gasteiger partial charge in [-0.1, -0.05) is 91.0 Å². The predicted octanol–water partition coefficient (Wildman–Crippen LogP) is 6.49. The molecule has 27 heavy (non-hydrogen) atoms. The van der Waals surface area contributed by atoms with Crippen molar-refractivity contribution in [1.82, 2.24) is 4.98 Å². The van der Waals surface area contributed by atoms with Crippen LogP contribution in [0.4, 0.5) is 0 Å². The molecule has 0 aliphatic heterocycles. The molecule has 130 valence electrons. The smallest absolute Gasteiger partial charge is 0.150 e. The van der Waals surface area contributed by atoms with Crippen LogP contribution in [0.5, 0.6) is 0 Å². The molecule has 2 heteroatoms. The lowest BCUT2D eigenvalue weighted by molar-refractivity contribution is 0.112. The normalized spacial score (nSPS) is 10.4. The predicted molar refractivity (Wildman–Crippen MR) is 113 cm³/mol. The Morgan fingerprint density at radius 2 is 1.07 bits per heavy atom. The molecule has 1 aromatic heterocycles. The highest BCUT2D eigenvalue weighted by Crippen LogP contribution is 2.24. The summed E-state index contributed by atoms with van der Waals surface area (Å²) in [4.78, 5) is 14.2. The largest absolute Gasteiger partial charge is 0.355 e. The summed E-state index contributed by atoms with van der Waals surface area (Å²) in [5, 5.41) is 2.61. The Hall–Kier alpha value is -3.65. The fourth-order valence-corrected chi connectivity index (χ4v) is 3.28. The molecule has 1 heterocycles. The van der Waals surface area contributed by atoms with Gasteiger partial charge in [0.25, 0.3) is 0 Å². The van der Waals surface area contributed by atoms with Crippen LogP contribution in [0.25, 0.3) is 32.9 Å². The average Bonchev–Trinajstić information content (AvgIpc) is 3.13. The van der Waals surface area contributed by atoms with E-state index in [-0.39, 0.29) is 0 Å². The standard InChI is InChI=1S/C13H10O.C12H9N/c14-10-12-8-4-5-9-13(12)11-6-2-1-3-7-11;1-3-7-11-9(5-1)10-6-2-4-8-12(10)13-11/h1-10H;1-8,13H. The van der Waals surface area contributed by atoms with Crippen molar-refractivity contribution in [3.05, 3.63) is 109 Å². The third kappa shape index (κ3) is 3.51. The second-order valence-corrected chi connectivity index (χ2v) is 6.29. The average molecular weight is 349 g/mol. The topological polar surface area (TPSA) is 32.9 Å². The highest BCUT2D eigenvalue weighted by molar-refractivity contribution is 6.06. The molecule has 0 radical (unpaired) electrons. The zero-order valence-electron chi connectivity index (χ0n) is 14.8. The molecular weight excluding hydrogens is 330 g/mol. The van der Waals surface area contributed by atoms with Gasteiger partial charge in [-0.3, -0.25) is 4.79 Å².